The van der Waals surface area contributed by atoms with Crippen molar-refractivity contribution in [2.24, 2.45) is 0 Å². The number of sulfone groups is 1. The molecule has 0 fully saturated rings. The van der Waals surface area contributed by atoms with Crippen molar-refractivity contribution in [3.8, 4) is 11.5 Å². The van der Waals surface area contributed by atoms with Crippen LogP contribution in [0.3, 0.4) is 0 Å². The second-order valence-electron chi connectivity index (χ2n) is 4.95. The average molecular weight is 370 g/mol. The fourth-order valence-corrected chi connectivity index (χ4v) is 2.99. The van der Waals surface area contributed by atoms with Gasteiger partial charge in [0.05, 0.1) is 0 Å². The molecule has 0 aliphatic carbocycles. The van der Waals surface area contributed by atoms with Crippen LogP contribution in [-0.2, 0) is 9.84 Å². The van der Waals surface area contributed by atoms with Gasteiger partial charge >= 0.3 is 11.1 Å². The summed E-state index contributed by atoms with van der Waals surface area (Å²) in [7, 11) is -5.57. The summed E-state index contributed by atoms with van der Waals surface area (Å²) < 4.78 is 72.0. The predicted octanol–water partition coefficient (Wildman–Crippen LogP) is 3.88. The van der Waals surface area contributed by atoms with Crippen LogP contribution in [0.1, 0.15) is 0 Å². The molecule has 0 unspecified atom stereocenters. The molecule has 130 valence electrons. The van der Waals surface area contributed by atoms with Crippen molar-refractivity contribution in [2.75, 3.05) is 0 Å². The van der Waals surface area contributed by atoms with E-state index in [1.54, 1.807) is 0 Å². The van der Waals surface area contributed by atoms with Gasteiger partial charge in [0.2, 0.25) is 0 Å². The van der Waals surface area contributed by atoms with Gasteiger partial charge in [-0.3, -0.25) is 0 Å². The number of halogens is 3. The molecule has 0 amide bonds. The zero-order valence-corrected chi connectivity index (χ0v) is 13.1. The lowest BCUT2D eigenvalue weighted by Gasteiger charge is -2.13. The first kappa shape index (κ1) is 17.0. The van der Waals surface area contributed by atoms with Gasteiger partial charge in [-0.05, 0) is 30.3 Å². The average Bonchev–Trinajstić information content (AvgIpc) is 2.54. The maximum absolute atomic E-state index is 12.8. The zero-order valence-electron chi connectivity index (χ0n) is 12.3. The summed E-state index contributed by atoms with van der Waals surface area (Å²) in [4.78, 5) is 10.2. The van der Waals surface area contributed by atoms with Crippen molar-refractivity contribution < 1.29 is 30.7 Å². The standard InChI is InChI=1S/C16H9F3O5S/c17-16(18,19)25(21,22)14-4-2-1-3-12(14)23-11-7-5-10-6-8-15(20)24-13(10)9-11/h1-9H. The molecule has 0 N–H and O–H groups in total. The molecule has 5 nitrogen and oxygen atoms in total. The highest BCUT2D eigenvalue weighted by molar-refractivity contribution is 7.92. The van der Waals surface area contributed by atoms with Crippen molar-refractivity contribution in [1.82, 2.24) is 0 Å². The van der Waals surface area contributed by atoms with Gasteiger partial charge < -0.3 is 9.15 Å². The molecule has 0 atom stereocenters. The van der Waals surface area contributed by atoms with E-state index in [9.17, 15) is 26.4 Å². The number of benzene rings is 2. The summed E-state index contributed by atoms with van der Waals surface area (Å²) in [6.07, 6.45) is 0. The number of ether oxygens (including phenoxy) is 1. The second-order valence-corrected chi connectivity index (χ2v) is 6.86. The molecular formula is C16H9F3O5S. The van der Waals surface area contributed by atoms with E-state index in [2.05, 4.69) is 0 Å². The Morgan fingerprint density at radius 3 is 2.36 bits per heavy atom. The Morgan fingerprint density at radius 1 is 0.960 bits per heavy atom. The maximum Gasteiger partial charge on any atom is 0.502 e. The van der Waals surface area contributed by atoms with E-state index in [1.165, 1.54) is 36.4 Å². The zero-order chi connectivity index (χ0) is 18.2. The van der Waals surface area contributed by atoms with Crippen LogP contribution in [0, 0.1) is 0 Å². The summed E-state index contributed by atoms with van der Waals surface area (Å²) in [6.45, 7) is 0. The van der Waals surface area contributed by atoms with Crippen LogP contribution in [-0.4, -0.2) is 13.9 Å². The van der Waals surface area contributed by atoms with Gasteiger partial charge in [-0.15, -0.1) is 0 Å². The second kappa shape index (κ2) is 5.92. The van der Waals surface area contributed by atoms with Crippen molar-refractivity contribution in [3.63, 3.8) is 0 Å². The predicted molar refractivity (Wildman–Crippen MR) is 82.2 cm³/mol. The van der Waals surface area contributed by atoms with Crippen LogP contribution in [0.2, 0.25) is 0 Å². The third-order valence-corrected chi connectivity index (χ3v) is 4.79. The van der Waals surface area contributed by atoms with E-state index in [0.29, 0.717) is 5.39 Å². The minimum Gasteiger partial charge on any atom is -0.456 e. The van der Waals surface area contributed by atoms with E-state index in [4.69, 9.17) is 9.15 Å². The van der Waals surface area contributed by atoms with Crippen LogP contribution in [0.4, 0.5) is 13.2 Å². The number of hydrogen-bond donors (Lipinski definition) is 0. The van der Waals surface area contributed by atoms with Gasteiger partial charge in [0.25, 0.3) is 9.84 Å². The number of rotatable bonds is 3. The fourth-order valence-electron chi connectivity index (χ4n) is 2.11. The van der Waals surface area contributed by atoms with Crippen molar-refractivity contribution in [3.05, 3.63) is 65.0 Å². The Bertz CT molecular complexity index is 1100. The molecule has 2 aromatic carbocycles. The van der Waals surface area contributed by atoms with E-state index in [-0.39, 0.29) is 11.3 Å². The summed E-state index contributed by atoms with van der Waals surface area (Å²) in [5.74, 6) is -0.468. The molecule has 0 bridgehead atoms. The van der Waals surface area contributed by atoms with Gasteiger partial charge in [0.15, 0.2) is 0 Å². The van der Waals surface area contributed by atoms with E-state index < -0.39 is 31.6 Å². The van der Waals surface area contributed by atoms with E-state index >= 15 is 0 Å². The Morgan fingerprint density at radius 2 is 1.64 bits per heavy atom. The quantitative estimate of drug-likeness (QED) is 0.654. The molecule has 1 heterocycles. The Balaban J connectivity index is 2.06. The maximum atomic E-state index is 12.8. The van der Waals surface area contributed by atoms with Crippen LogP contribution in [0.5, 0.6) is 11.5 Å². The first-order chi connectivity index (χ1) is 11.7. The SMILES string of the molecule is O=c1ccc2ccc(Oc3ccccc3S(=O)(=O)C(F)(F)F)cc2o1. The minimum atomic E-state index is -5.57. The summed E-state index contributed by atoms with van der Waals surface area (Å²) in [6, 6.07) is 11.3. The van der Waals surface area contributed by atoms with Crippen LogP contribution in [0.25, 0.3) is 11.0 Å². The van der Waals surface area contributed by atoms with Crippen molar-refractivity contribution in [1.29, 1.82) is 0 Å². The smallest absolute Gasteiger partial charge is 0.456 e. The molecule has 25 heavy (non-hydrogen) atoms. The first-order valence-corrected chi connectivity index (χ1v) is 8.29. The first-order valence-electron chi connectivity index (χ1n) is 6.81. The Kier molecular flexibility index (Phi) is 4.03. The molecule has 0 saturated heterocycles. The van der Waals surface area contributed by atoms with Gasteiger partial charge in [-0.25, -0.2) is 13.2 Å². The monoisotopic (exact) mass is 370 g/mol. The third-order valence-electron chi connectivity index (χ3n) is 3.27. The van der Waals surface area contributed by atoms with Gasteiger partial charge in [-0.2, -0.15) is 13.2 Å². The third kappa shape index (κ3) is 3.22. The Labute approximate surface area is 139 Å². The van der Waals surface area contributed by atoms with Crippen LogP contribution >= 0.6 is 0 Å². The molecule has 0 saturated carbocycles. The molecule has 1 aromatic heterocycles. The highest BCUT2D eigenvalue weighted by atomic mass is 32.2. The minimum absolute atomic E-state index is 0.0201. The molecule has 0 aliphatic heterocycles. The molecule has 0 spiro atoms. The molecule has 0 radical (unpaired) electrons. The van der Waals surface area contributed by atoms with E-state index in [1.807, 2.05) is 0 Å². The van der Waals surface area contributed by atoms with Gasteiger partial charge in [-0.1, -0.05) is 12.1 Å². The topological polar surface area (TPSA) is 73.6 Å². The number of hydrogen-bond acceptors (Lipinski definition) is 5. The lowest BCUT2D eigenvalue weighted by atomic mass is 10.2. The molecule has 3 rings (SSSR count). The summed E-state index contributed by atoms with van der Waals surface area (Å²) in [5, 5.41) is 0.572. The van der Waals surface area contributed by atoms with Gasteiger partial charge in [0, 0.05) is 17.5 Å². The molecule has 9 heteroatoms. The molecule has 3 aromatic rings. The largest absolute Gasteiger partial charge is 0.502 e. The lowest BCUT2D eigenvalue weighted by molar-refractivity contribution is -0.0436. The highest BCUT2D eigenvalue weighted by Gasteiger charge is 2.48. The van der Waals surface area contributed by atoms with Crippen LogP contribution < -0.4 is 10.4 Å². The highest BCUT2D eigenvalue weighted by Crippen LogP contribution is 2.37. The Hall–Kier alpha value is -2.81. The summed E-state index contributed by atoms with van der Waals surface area (Å²) in [5.41, 5.74) is -5.91. The van der Waals surface area contributed by atoms with Crippen molar-refractivity contribution >= 4 is 20.8 Å². The lowest BCUT2D eigenvalue weighted by Crippen LogP contribution is -2.23. The molecule has 0 aliphatic rings. The number of fused-ring (bicyclic) bond motifs is 1. The fraction of sp³-hybridized carbons (Fsp3) is 0.0625. The van der Waals surface area contributed by atoms with Crippen LogP contribution in [0.15, 0.2) is 68.7 Å². The summed E-state index contributed by atoms with van der Waals surface area (Å²) >= 11 is 0. The number of alkyl halides is 3. The normalized spacial score (nSPS) is 12.3. The van der Waals surface area contributed by atoms with E-state index in [0.717, 1.165) is 18.2 Å². The van der Waals surface area contributed by atoms with Crippen molar-refractivity contribution in [2.45, 2.75) is 10.4 Å². The van der Waals surface area contributed by atoms with Gasteiger partial charge in [0.1, 0.15) is 22.0 Å². The molecular weight excluding hydrogens is 361 g/mol. The number of para-hydroxylation sites is 1.